The van der Waals surface area contributed by atoms with Gasteiger partial charge in [-0.3, -0.25) is 9.59 Å². The minimum Gasteiger partial charge on any atom is -0.469 e. The van der Waals surface area contributed by atoms with E-state index in [2.05, 4.69) is 15.3 Å². The number of hydrogen-bond acceptors (Lipinski definition) is 5. The Hall–Kier alpha value is -1.69. The fourth-order valence-electron chi connectivity index (χ4n) is 1.75. The van der Waals surface area contributed by atoms with E-state index < -0.39 is 0 Å². The van der Waals surface area contributed by atoms with Crippen LogP contribution in [0.2, 0.25) is 0 Å². The SMILES string of the molecule is COC(=O)CCCCCCC(=O)N/N=C/c1sccc1C. The predicted octanol–water partition coefficient (Wildman–Crippen LogP) is 3.02. The molecule has 21 heavy (non-hydrogen) atoms. The number of amides is 1. The number of methoxy groups -OCH3 is 1. The highest BCUT2D eigenvalue weighted by Crippen LogP contribution is 2.12. The zero-order valence-electron chi connectivity index (χ0n) is 12.6. The van der Waals surface area contributed by atoms with Gasteiger partial charge in [-0.05, 0) is 36.8 Å². The number of rotatable bonds is 9. The van der Waals surface area contributed by atoms with Crippen molar-refractivity contribution in [2.45, 2.75) is 45.4 Å². The quantitative estimate of drug-likeness (QED) is 0.330. The highest BCUT2D eigenvalue weighted by atomic mass is 32.1. The molecule has 0 aromatic carbocycles. The molecule has 0 radical (unpaired) electrons. The Balaban J connectivity index is 2.05. The number of nitrogens with zero attached hydrogens (tertiary/aromatic N) is 1. The van der Waals surface area contributed by atoms with Crippen LogP contribution in [-0.4, -0.2) is 25.2 Å². The molecular weight excluding hydrogens is 288 g/mol. The monoisotopic (exact) mass is 310 g/mol. The molecule has 0 aliphatic heterocycles. The first kappa shape index (κ1) is 17.4. The molecule has 1 amide bonds. The number of hydrogen-bond donors (Lipinski definition) is 1. The molecular formula is C15H22N2O3S. The van der Waals surface area contributed by atoms with Gasteiger partial charge in [-0.25, -0.2) is 5.43 Å². The average molecular weight is 310 g/mol. The lowest BCUT2D eigenvalue weighted by Crippen LogP contribution is -2.16. The van der Waals surface area contributed by atoms with Crippen molar-refractivity contribution in [3.63, 3.8) is 0 Å². The maximum Gasteiger partial charge on any atom is 0.305 e. The summed E-state index contributed by atoms with van der Waals surface area (Å²) < 4.78 is 4.56. The second-order valence-corrected chi connectivity index (χ2v) is 5.70. The molecule has 0 saturated carbocycles. The van der Waals surface area contributed by atoms with Crippen molar-refractivity contribution in [1.82, 2.24) is 5.43 Å². The molecule has 1 heterocycles. The number of carbonyl (C=O) groups is 2. The largest absolute Gasteiger partial charge is 0.469 e. The highest BCUT2D eigenvalue weighted by molar-refractivity contribution is 7.11. The molecule has 5 nitrogen and oxygen atoms in total. The van der Waals surface area contributed by atoms with E-state index in [4.69, 9.17) is 0 Å². The van der Waals surface area contributed by atoms with Gasteiger partial charge in [-0.15, -0.1) is 11.3 Å². The summed E-state index contributed by atoms with van der Waals surface area (Å²) in [5, 5.41) is 5.94. The van der Waals surface area contributed by atoms with Crippen LogP contribution < -0.4 is 5.43 Å². The van der Waals surface area contributed by atoms with Crippen LogP contribution in [0.15, 0.2) is 16.5 Å². The summed E-state index contributed by atoms with van der Waals surface area (Å²) in [5.74, 6) is -0.251. The van der Waals surface area contributed by atoms with Crippen LogP contribution in [0.3, 0.4) is 0 Å². The molecule has 1 N–H and O–H groups in total. The fourth-order valence-corrected chi connectivity index (χ4v) is 2.53. The first-order valence-corrected chi connectivity index (χ1v) is 7.94. The summed E-state index contributed by atoms with van der Waals surface area (Å²) >= 11 is 1.59. The van der Waals surface area contributed by atoms with E-state index in [1.54, 1.807) is 17.6 Å². The van der Waals surface area contributed by atoms with E-state index in [1.165, 1.54) is 7.11 Å². The van der Waals surface area contributed by atoms with Gasteiger partial charge in [0.05, 0.1) is 13.3 Å². The normalized spacial score (nSPS) is 10.8. The first-order chi connectivity index (χ1) is 10.1. The van der Waals surface area contributed by atoms with Crippen LogP contribution in [0.5, 0.6) is 0 Å². The Morgan fingerprint density at radius 1 is 1.29 bits per heavy atom. The number of carbonyl (C=O) groups excluding carboxylic acids is 2. The second kappa shape index (κ2) is 10.1. The summed E-state index contributed by atoms with van der Waals surface area (Å²) in [5.41, 5.74) is 3.69. The Labute approximate surface area is 129 Å². The van der Waals surface area contributed by atoms with Crippen molar-refractivity contribution < 1.29 is 14.3 Å². The number of unbranched alkanes of at least 4 members (excludes halogenated alkanes) is 3. The summed E-state index contributed by atoms with van der Waals surface area (Å²) in [7, 11) is 1.39. The standard InChI is InChI=1S/C15H22N2O3S/c1-12-9-10-21-13(12)11-16-17-14(18)7-5-3-4-6-8-15(19)20-2/h9-11H,3-8H2,1-2H3,(H,17,18)/b16-11+. The lowest BCUT2D eigenvalue weighted by Gasteiger charge is -2.01. The smallest absolute Gasteiger partial charge is 0.305 e. The molecule has 0 aliphatic rings. The Morgan fingerprint density at radius 3 is 2.62 bits per heavy atom. The molecule has 0 atom stereocenters. The molecule has 116 valence electrons. The minimum atomic E-state index is -0.175. The number of hydrazone groups is 1. The van der Waals surface area contributed by atoms with Crippen molar-refractivity contribution in [2.75, 3.05) is 7.11 Å². The lowest BCUT2D eigenvalue weighted by molar-refractivity contribution is -0.140. The topological polar surface area (TPSA) is 67.8 Å². The molecule has 0 aliphatic carbocycles. The van der Waals surface area contributed by atoms with Gasteiger partial charge in [0.2, 0.25) is 5.91 Å². The minimum absolute atomic E-state index is 0.0755. The van der Waals surface area contributed by atoms with Crippen molar-refractivity contribution >= 4 is 29.4 Å². The third-order valence-electron chi connectivity index (χ3n) is 3.04. The Morgan fingerprint density at radius 2 is 2.00 bits per heavy atom. The zero-order valence-corrected chi connectivity index (χ0v) is 13.4. The highest BCUT2D eigenvalue weighted by Gasteiger charge is 2.02. The van der Waals surface area contributed by atoms with Gasteiger partial charge in [-0.1, -0.05) is 12.8 Å². The summed E-state index contributed by atoms with van der Waals surface area (Å²) in [6, 6.07) is 2.02. The predicted molar refractivity (Wildman–Crippen MR) is 84.5 cm³/mol. The van der Waals surface area contributed by atoms with Crippen molar-refractivity contribution in [2.24, 2.45) is 5.10 Å². The molecule has 0 unspecified atom stereocenters. The molecule has 0 bridgehead atoms. The Kier molecular flexibility index (Phi) is 8.35. The van der Waals surface area contributed by atoms with E-state index in [-0.39, 0.29) is 11.9 Å². The van der Waals surface area contributed by atoms with Gasteiger partial charge >= 0.3 is 5.97 Å². The average Bonchev–Trinajstić information content (AvgIpc) is 2.88. The third kappa shape index (κ3) is 7.60. The van der Waals surface area contributed by atoms with E-state index in [0.29, 0.717) is 12.8 Å². The molecule has 1 aromatic heterocycles. The molecule has 0 saturated heterocycles. The van der Waals surface area contributed by atoms with Gasteiger partial charge in [-0.2, -0.15) is 5.10 Å². The zero-order chi connectivity index (χ0) is 15.5. The van der Waals surface area contributed by atoms with E-state index in [1.807, 2.05) is 18.4 Å². The van der Waals surface area contributed by atoms with Gasteiger partial charge in [0, 0.05) is 17.7 Å². The van der Waals surface area contributed by atoms with Gasteiger partial charge in [0.15, 0.2) is 0 Å². The summed E-state index contributed by atoms with van der Waals surface area (Å²) in [6.07, 6.45) is 6.06. The number of esters is 1. The maximum absolute atomic E-state index is 11.5. The van der Waals surface area contributed by atoms with Crippen molar-refractivity contribution in [3.05, 3.63) is 21.9 Å². The van der Waals surface area contributed by atoms with Crippen LogP contribution in [0.4, 0.5) is 0 Å². The maximum atomic E-state index is 11.5. The van der Waals surface area contributed by atoms with E-state index in [9.17, 15) is 9.59 Å². The number of ether oxygens (including phenoxy) is 1. The first-order valence-electron chi connectivity index (χ1n) is 7.06. The fraction of sp³-hybridized carbons (Fsp3) is 0.533. The molecule has 1 aromatic rings. The summed E-state index contributed by atoms with van der Waals surface area (Å²) in [6.45, 7) is 2.01. The molecule has 0 spiro atoms. The lowest BCUT2D eigenvalue weighted by atomic mass is 10.1. The van der Waals surface area contributed by atoms with Crippen LogP contribution in [0.25, 0.3) is 0 Å². The van der Waals surface area contributed by atoms with Crippen LogP contribution >= 0.6 is 11.3 Å². The van der Waals surface area contributed by atoms with E-state index >= 15 is 0 Å². The number of aryl methyl sites for hydroxylation is 1. The summed E-state index contributed by atoms with van der Waals surface area (Å²) in [4.78, 5) is 23.5. The van der Waals surface area contributed by atoms with Gasteiger partial charge in [0.1, 0.15) is 0 Å². The molecule has 0 fully saturated rings. The van der Waals surface area contributed by atoms with Crippen LogP contribution in [0, 0.1) is 6.92 Å². The van der Waals surface area contributed by atoms with Gasteiger partial charge in [0.25, 0.3) is 0 Å². The van der Waals surface area contributed by atoms with E-state index in [0.717, 1.165) is 36.1 Å². The van der Waals surface area contributed by atoms with Gasteiger partial charge < -0.3 is 4.74 Å². The Bertz CT molecular complexity index is 483. The number of nitrogens with one attached hydrogen (secondary N) is 1. The number of thiophene rings is 1. The van der Waals surface area contributed by atoms with Crippen molar-refractivity contribution in [1.29, 1.82) is 0 Å². The van der Waals surface area contributed by atoms with Crippen LogP contribution in [0.1, 0.15) is 49.0 Å². The molecule has 1 rings (SSSR count). The van der Waals surface area contributed by atoms with Crippen molar-refractivity contribution in [3.8, 4) is 0 Å². The molecule has 6 heteroatoms. The van der Waals surface area contributed by atoms with Crippen LogP contribution in [-0.2, 0) is 14.3 Å². The second-order valence-electron chi connectivity index (χ2n) is 4.75. The third-order valence-corrected chi connectivity index (χ3v) is 3.99.